The number of rotatable bonds is 7. The lowest BCUT2D eigenvalue weighted by Crippen LogP contribution is -2.32. The second-order valence-electron chi connectivity index (χ2n) is 5.18. The number of hydrogen-bond acceptors (Lipinski definition) is 9. The number of benzene rings is 1. The van der Waals surface area contributed by atoms with Crippen LogP contribution in [0.4, 0.5) is 17.3 Å². The van der Waals surface area contributed by atoms with E-state index >= 15 is 0 Å². The average Bonchev–Trinajstić information content (AvgIpc) is 3.25. The highest BCUT2D eigenvalue weighted by Crippen LogP contribution is 2.27. The van der Waals surface area contributed by atoms with Crippen LogP contribution in [0, 0.1) is 10.1 Å². The fourth-order valence-corrected chi connectivity index (χ4v) is 2.10. The highest BCUT2D eigenvalue weighted by atomic mass is 16.6. The number of aromatic nitrogens is 2. The van der Waals surface area contributed by atoms with Crippen molar-refractivity contribution in [3.05, 3.63) is 76.5 Å². The topological polar surface area (TPSA) is 164 Å². The van der Waals surface area contributed by atoms with E-state index in [9.17, 15) is 19.7 Å². The number of carbonyl (C=O) groups is 2. The van der Waals surface area contributed by atoms with E-state index in [4.69, 9.17) is 4.42 Å². The van der Waals surface area contributed by atoms with Gasteiger partial charge >= 0.3 is 11.6 Å². The maximum Gasteiger partial charge on any atom is 0.356 e. The van der Waals surface area contributed by atoms with Crippen molar-refractivity contribution in [3.8, 4) is 0 Å². The number of nitro groups is 1. The molecular formula is C16H13N7O5. The van der Waals surface area contributed by atoms with Gasteiger partial charge in [-0.2, -0.15) is 0 Å². The van der Waals surface area contributed by atoms with E-state index in [1.54, 1.807) is 30.3 Å². The Labute approximate surface area is 157 Å². The Balaban J connectivity index is 1.73. The molecule has 0 aliphatic carbocycles. The number of nitrogens with zero attached hydrogens (tertiary/aromatic N) is 3. The second-order valence-corrected chi connectivity index (χ2v) is 5.18. The number of anilines is 2. The Morgan fingerprint density at radius 1 is 0.929 bits per heavy atom. The molecule has 142 valence electrons. The molecule has 2 amide bonds. The van der Waals surface area contributed by atoms with Gasteiger partial charge in [0.05, 0.1) is 11.2 Å². The van der Waals surface area contributed by atoms with Crippen molar-refractivity contribution in [2.75, 3.05) is 10.9 Å². The molecule has 0 unspecified atom stereocenters. The number of nitrogens with one attached hydrogen (secondary N) is 4. The van der Waals surface area contributed by atoms with E-state index in [0.29, 0.717) is 5.56 Å². The first-order chi connectivity index (χ1) is 13.6. The van der Waals surface area contributed by atoms with E-state index < -0.39 is 22.4 Å². The highest BCUT2D eigenvalue weighted by molar-refractivity contribution is 5.95. The predicted molar refractivity (Wildman–Crippen MR) is 96.0 cm³/mol. The van der Waals surface area contributed by atoms with Gasteiger partial charge in [0.25, 0.3) is 5.91 Å². The Kier molecular flexibility index (Phi) is 5.41. The zero-order chi connectivity index (χ0) is 19.9. The van der Waals surface area contributed by atoms with Gasteiger partial charge in [-0.3, -0.25) is 41.4 Å². The Hall–Kier alpha value is -4.48. The van der Waals surface area contributed by atoms with E-state index in [-0.39, 0.29) is 17.4 Å². The average molecular weight is 383 g/mol. The summed E-state index contributed by atoms with van der Waals surface area (Å²) in [6, 6.07) is 11.2. The van der Waals surface area contributed by atoms with Crippen molar-refractivity contribution < 1.29 is 18.9 Å². The smallest absolute Gasteiger partial charge is 0.356 e. The van der Waals surface area contributed by atoms with E-state index in [0.717, 1.165) is 6.33 Å². The van der Waals surface area contributed by atoms with Crippen LogP contribution in [0.1, 0.15) is 20.9 Å². The molecule has 2 heterocycles. The first-order valence-electron chi connectivity index (χ1n) is 7.77. The van der Waals surface area contributed by atoms with Crippen molar-refractivity contribution in [1.29, 1.82) is 0 Å². The van der Waals surface area contributed by atoms with Crippen LogP contribution in [0.2, 0.25) is 0 Å². The Bertz CT molecular complexity index is 992. The third kappa shape index (κ3) is 4.19. The van der Waals surface area contributed by atoms with Crippen LogP contribution in [-0.2, 0) is 0 Å². The molecule has 0 radical (unpaired) electrons. The summed E-state index contributed by atoms with van der Waals surface area (Å²) in [5.41, 5.74) is 9.01. The van der Waals surface area contributed by atoms with Gasteiger partial charge in [0.1, 0.15) is 6.33 Å². The molecule has 28 heavy (non-hydrogen) atoms. The number of hydrogen-bond donors (Lipinski definition) is 4. The van der Waals surface area contributed by atoms with Crippen LogP contribution in [0.5, 0.6) is 0 Å². The molecule has 0 bridgehead atoms. The zero-order valence-electron chi connectivity index (χ0n) is 14.1. The first-order valence-corrected chi connectivity index (χ1v) is 7.77. The first kappa shape index (κ1) is 18.3. The molecule has 0 atom stereocenters. The molecule has 0 saturated heterocycles. The third-order valence-corrected chi connectivity index (χ3v) is 3.37. The number of carbonyl (C=O) groups excluding carboxylic acids is 2. The van der Waals surface area contributed by atoms with Gasteiger partial charge in [0.2, 0.25) is 11.6 Å². The Morgan fingerprint density at radius 3 is 2.14 bits per heavy atom. The molecule has 3 rings (SSSR count). The van der Waals surface area contributed by atoms with Gasteiger partial charge in [-0.05, 0) is 24.3 Å². The van der Waals surface area contributed by atoms with Gasteiger partial charge in [-0.25, -0.2) is 9.97 Å². The Morgan fingerprint density at radius 2 is 1.57 bits per heavy atom. The van der Waals surface area contributed by atoms with Gasteiger partial charge in [-0.1, -0.05) is 18.2 Å². The van der Waals surface area contributed by atoms with Gasteiger partial charge < -0.3 is 4.42 Å². The van der Waals surface area contributed by atoms with Gasteiger partial charge in [0, 0.05) is 5.56 Å². The summed E-state index contributed by atoms with van der Waals surface area (Å²) in [6.07, 6.45) is 2.32. The fourth-order valence-electron chi connectivity index (χ4n) is 2.10. The zero-order valence-corrected chi connectivity index (χ0v) is 14.1. The molecule has 4 N–H and O–H groups in total. The predicted octanol–water partition coefficient (Wildman–Crippen LogP) is 1.49. The number of amides is 2. The monoisotopic (exact) mass is 383 g/mol. The van der Waals surface area contributed by atoms with E-state index in [1.165, 1.54) is 18.4 Å². The summed E-state index contributed by atoms with van der Waals surface area (Å²) in [7, 11) is 0. The molecule has 0 aliphatic rings. The molecular weight excluding hydrogens is 370 g/mol. The van der Waals surface area contributed by atoms with Crippen molar-refractivity contribution in [1.82, 2.24) is 20.8 Å². The SMILES string of the molecule is O=C(NNc1ncnc(NNC(=O)c2ccco2)c1[N+](=O)[O-])c1ccccc1. The van der Waals surface area contributed by atoms with E-state index in [1.807, 2.05) is 0 Å². The maximum absolute atomic E-state index is 12.1. The van der Waals surface area contributed by atoms with Crippen LogP contribution in [-0.4, -0.2) is 26.7 Å². The van der Waals surface area contributed by atoms with Crippen LogP contribution in [0.3, 0.4) is 0 Å². The molecule has 12 nitrogen and oxygen atoms in total. The summed E-state index contributed by atoms with van der Waals surface area (Å²) < 4.78 is 4.91. The molecule has 0 aliphatic heterocycles. The minimum Gasteiger partial charge on any atom is -0.459 e. The summed E-state index contributed by atoms with van der Waals surface area (Å²) in [5, 5.41) is 11.4. The maximum atomic E-state index is 12.1. The van der Waals surface area contributed by atoms with Crippen LogP contribution >= 0.6 is 0 Å². The number of furan rings is 1. The lowest BCUT2D eigenvalue weighted by molar-refractivity contribution is -0.383. The summed E-state index contributed by atoms with van der Waals surface area (Å²) in [4.78, 5) is 42.1. The van der Waals surface area contributed by atoms with Crippen LogP contribution in [0.15, 0.2) is 59.5 Å². The lowest BCUT2D eigenvalue weighted by Gasteiger charge is -2.11. The number of hydrazine groups is 2. The molecule has 2 aromatic heterocycles. The van der Waals surface area contributed by atoms with Crippen molar-refractivity contribution in [2.24, 2.45) is 0 Å². The molecule has 12 heteroatoms. The van der Waals surface area contributed by atoms with Gasteiger partial charge in [0.15, 0.2) is 5.76 Å². The third-order valence-electron chi connectivity index (χ3n) is 3.37. The fraction of sp³-hybridized carbons (Fsp3) is 0. The largest absolute Gasteiger partial charge is 0.459 e. The second kappa shape index (κ2) is 8.27. The quantitative estimate of drug-likeness (QED) is 0.349. The minimum atomic E-state index is -0.765. The molecule has 1 aromatic carbocycles. The van der Waals surface area contributed by atoms with Crippen molar-refractivity contribution in [3.63, 3.8) is 0 Å². The summed E-state index contributed by atoms with van der Waals surface area (Å²) in [6.45, 7) is 0. The van der Waals surface area contributed by atoms with Gasteiger partial charge in [-0.15, -0.1) is 0 Å². The minimum absolute atomic E-state index is 0.00215. The standard InChI is InChI=1S/C16H13N7O5/c24-15(10-5-2-1-3-6-10)21-19-13-12(23(26)27)14(18-9-17-13)20-22-16(25)11-7-4-8-28-11/h1-9H,(H,21,24)(H,22,25)(H2,17,18,19,20). The normalized spacial score (nSPS) is 10.0. The molecule has 3 aromatic rings. The highest BCUT2D eigenvalue weighted by Gasteiger charge is 2.24. The molecule has 0 fully saturated rings. The lowest BCUT2D eigenvalue weighted by atomic mass is 10.2. The van der Waals surface area contributed by atoms with Crippen molar-refractivity contribution >= 4 is 29.1 Å². The molecule has 0 saturated carbocycles. The molecule has 0 spiro atoms. The van der Waals surface area contributed by atoms with Crippen LogP contribution < -0.4 is 21.7 Å². The van der Waals surface area contributed by atoms with Crippen molar-refractivity contribution in [2.45, 2.75) is 0 Å². The summed E-state index contributed by atoms with van der Waals surface area (Å²) in [5.74, 6) is -1.76. The van der Waals surface area contributed by atoms with E-state index in [2.05, 4.69) is 31.7 Å². The summed E-state index contributed by atoms with van der Waals surface area (Å²) >= 11 is 0. The van der Waals surface area contributed by atoms with Crippen LogP contribution in [0.25, 0.3) is 0 Å².